The van der Waals surface area contributed by atoms with Crippen molar-refractivity contribution in [1.29, 1.82) is 0 Å². The Balaban J connectivity index is 2.73. The van der Waals surface area contributed by atoms with Crippen LogP contribution >= 0.6 is 0 Å². The molecule has 0 radical (unpaired) electrons. The van der Waals surface area contributed by atoms with Gasteiger partial charge in [0.1, 0.15) is 0 Å². The van der Waals surface area contributed by atoms with Gasteiger partial charge < -0.3 is 14.6 Å². The van der Waals surface area contributed by atoms with Crippen molar-refractivity contribution in [3.63, 3.8) is 0 Å². The summed E-state index contributed by atoms with van der Waals surface area (Å²) in [6.45, 7) is 4.55. The summed E-state index contributed by atoms with van der Waals surface area (Å²) in [5, 5.41) is 8.64. The van der Waals surface area contributed by atoms with Crippen molar-refractivity contribution in [3.05, 3.63) is 0 Å². The zero-order valence-electron chi connectivity index (χ0n) is 7.73. The lowest BCUT2D eigenvalue weighted by Gasteiger charge is -2.16. The van der Waals surface area contributed by atoms with Gasteiger partial charge in [-0.15, -0.1) is 0 Å². The van der Waals surface area contributed by atoms with Crippen molar-refractivity contribution < 1.29 is 24.2 Å². The van der Waals surface area contributed by atoms with Crippen LogP contribution in [0.3, 0.4) is 0 Å². The summed E-state index contributed by atoms with van der Waals surface area (Å²) >= 11 is 0. The van der Waals surface area contributed by atoms with Crippen molar-refractivity contribution in [2.75, 3.05) is 0 Å². The maximum Gasteiger partial charge on any atom is 0.338 e. The van der Waals surface area contributed by atoms with Gasteiger partial charge in [-0.05, 0) is 6.92 Å². The summed E-state index contributed by atoms with van der Waals surface area (Å²) in [4.78, 5) is 21.7. The number of carboxylic acid groups (broad SMARTS) is 1. The topological polar surface area (TPSA) is 72.8 Å². The monoisotopic (exact) mass is 188 g/mol. The Hall–Kier alpha value is -1.10. The Morgan fingerprint density at radius 2 is 2.15 bits per heavy atom. The van der Waals surface area contributed by atoms with E-state index < -0.39 is 29.7 Å². The van der Waals surface area contributed by atoms with Crippen LogP contribution in [0.25, 0.3) is 0 Å². The van der Waals surface area contributed by atoms with E-state index in [1.54, 1.807) is 13.8 Å². The fraction of sp³-hybridized carbons (Fsp3) is 0.750. The van der Waals surface area contributed by atoms with E-state index in [0.29, 0.717) is 0 Å². The van der Waals surface area contributed by atoms with Gasteiger partial charge in [0.15, 0.2) is 6.10 Å². The van der Waals surface area contributed by atoms with Crippen LogP contribution in [0.15, 0.2) is 0 Å². The summed E-state index contributed by atoms with van der Waals surface area (Å²) in [5.74, 6) is -3.57. The first-order valence-corrected chi connectivity index (χ1v) is 3.97. The van der Waals surface area contributed by atoms with Crippen molar-refractivity contribution >= 4 is 11.9 Å². The number of hydrogen-bond acceptors (Lipinski definition) is 4. The van der Waals surface area contributed by atoms with Crippen molar-refractivity contribution in [2.24, 2.45) is 5.92 Å². The number of cyclic esters (lactones) is 1. The average molecular weight is 188 g/mol. The predicted molar refractivity (Wildman–Crippen MR) is 41.8 cm³/mol. The molecule has 5 heteroatoms. The highest BCUT2D eigenvalue weighted by Crippen LogP contribution is 2.27. The van der Waals surface area contributed by atoms with Gasteiger partial charge in [0.05, 0.1) is 5.92 Å². The Morgan fingerprint density at radius 3 is 2.46 bits per heavy atom. The number of carboxylic acids is 1. The summed E-state index contributed by atoms with van der Waals surface area (Å²) < 4.78 is 9.94. The van der Waals surface area contributed by atoms with E-state index >= 15 is 0 Å². The van der Waals surface area contributed by atoms with Crippen LogP contribution < -0.4 is 0 Å². The second-order valence-corrected chi connectivity index (χ2v) is 3.49. The lowest BCUT2D eigenvalue weighted by atomic mass is 10.1. The highest BCUT2D eigenvalue weighted by molar-refractivity contribution is 5.83. The molecule has 13 heavy (non-hydrogen) atoms. The largest absolute Gasteiger partial charge is 0.481 e. The molecule has 1 heterocycles. The molecule has 1 aliphatic heterocycles. The molecule has 0 amide bonds. The number of hydrogen-bond donors (Lipinski definition) is 1. The molecule has 1 aliphatic rings. The van der Waals surface area contributed by atoms with Crippen molar-refractivity contribution in [3.8, 4) is 0 Å². The molecule has 74 valence electrons. The zero-order chi connectivity index (χ0) is 10.2. The number of aliphatic carboxylic acids is 1. The normalized spacial score (nSPS) is 28.2. The molecule has 0 aromatic heterocycles. The van der Waals surface area contributed by atoms with Gasteiger partial charge in [0.25, 0.3) is 0 Å². The van der Waals surface area contributed by atoms with Crippen LogP contribution in [0, 0.1) is 5.92 Å². The highest BCUT2D eigenvalue weighted by Gasteiger charge is 2.45. The number of ether oxygens (including phenoxy) is 2. The first-order chi connectivity index (χ1) is 5.83. The summed E-state index contributed by atoms with van der Waals surface area (Å²) in [7, 11) is 0. The number of rotatable bonds is 2. The maximum atomic E-state index is 11.1. The fourth-order valence-electron chi connectivity index (χ4n) is 1.11. The number of carbonyl (C=O) groups is 2. The molecule has 0 aromatic carbocycles. The van der Waals surface area contributed by atoms with E-state index in [-0.39, 0.29) is 0 Å². The molecular weight excluding hydrogens is 176 g/mol. The third-order valence-corrected chi connectivity index (χ3v) is 1.83. The third-order valence-electron chi connectivity index (χ3n) is 1.83. The van der Waals surface area contributed by atoms with Crippen LogP contribution in [0.1, 0.15) is 20.8 Å². The highest BCUT2D eigenvalue weighted by atomic mass is 16.8. The van der Waals surface area contributed by atoms with E-state index in [2.05, 4.69) is 0 Å². The second kappa shape index (κ2) is 2.99. The molecule has 0 aromatic rings. The van der Waals surface area contributed by atoms with Gasteiger partial charge in [0, 0.05) is 13.8 Å². The first-order valence-electron chi connectivity index (χ1n) is 3.97. The number of carbonyl (C=O) groups excluding carboxylic acids is 1. The molecule has 0 spiro atoms. The van der Waals surface area contributed by atoms with Gasteiger partial charge in [0.2, 0.25) is 5.79 Å². The maximum absolute atomic E-state index is 11.1. The van der Waals surface area contributed by atoms with Crippen LogP contribution in [0.5, 0.6) is 0 Å². The van der Waals surface area contributed by atoms with Crippen LogP contribution in [0.2, 0.25) is 0 Å². The average Bonchev–Trinajstić information content (AvgIpc) is 2.22. The van der Waals surface area contributed by atoms with Gasteiger partial charge in [-0.1, -0.05) is 0 Å². The fourth-order valence-corrected chi connectivity index (χ4v) is 1.11. The molecule has 1 saturated heterocycles. The lowest BCUT2D eigenvalue weighted by Crippen LogP contribution is -2.31. The van der Waals surface area contributed by atoms with E-state index in [1.165, 1.54) is 6.92 Å². The van der Waals surface area contributed by atoms with Crippen LogP contribution in [-0.4, -0.2) is 28.9 Å². The lowest BCUT2D eigenvalue weighted by molar-refractivity contribution is -0.163. The van der Waals surface area contributed by atoms with E-state index in [0.717, 1.165) is 0 Å². The standard InChI is InChI=1S/C8H12O5/c1-4(6(9)10)5-7(11)13-8(2,3)12-5/h4-5H,1-3H3,(H,9,10)/t4?,5-/m0/s1. The van der Waals surface area contributed by atoms with Crippen molar-refractivity contribution in [2.45, 2.75) is 32.7 Å². The van der Waals surface area contributed by atoms with E-state index in [9.17, 15) is 9.59 Å². The van der Waals surface area contributed by atoms with Gasteiger partial charge in [-0.3, -0.25) is 4.79 Å². The van der Waals surface area contributed by atoms with Gasteiger partial charge >= 0.3 is 11.9 Å². The third kappa shape index (κ3) is 1.98. The minimum absolute atomic E-state index is 0.611. The van der Waals surface area contributed by atoms with Crippen LogP contribution in [-0.2, 0) is 19.1 Å². The SMILES string of the molecule is CC(C(=O)O)[C@@H]1OC(C)(C)OC1=O. The Bertz CT molecular complexity index is 245. The molecule has 2 atom stereocenters. The Kier molecular flexibility index (Phi) is 2.30. The molecule has 1 N–H and O–H groups in total. The molecule has 5 nitrogen and oxygen atoms in total. The van der Waals surface area contributed by atoms with Gasteiger partial charge in [-0.2, -0.15) is 0 Å². The molecule has 1 unspecified atom stereocenters. The predicted octanol–water partition coefficient (Wildman–Crippen LogP) is 0.385. The molecular formula is C8H12O5. The molecule has 0 bridgehead atoms. The summed E-state index contributed by atoms with van der Waals surface area (Å²) in [5.41, 5.74) is 0. The Labute approximate surface area is 75.6 Å². The molecule has 0 saturated carbocycles. The minimum atomic E-state index is -1.07. The van der Waals surface area contributed by atoms with E-state index in [4.69, 9.17) is 14.6 Å². The summed E-state index contributed by atoms with van der Waals surface area (Å²) in [6.07, 6.45) is -0.993. The molecule has 1 fully saturated rings. The molecule has 0 aliphatic carbocycles. The summed E-state index contributed by atoms with van der Waals surface area (Å²) in [6, 6.07) is 0. The van der Waals surface area contributed by atoms with Crippen molar-refractivity contribution in [1.82, 2.24) is 0 Å². The quantitative estimate of drug-likeness (QED) is 0.634. The van der Waals surface area contributed by atoms with Gasteiger partial charge in [-0.25, -0.2) is 4.79 Å². The second-order valence-electron chi connectivity index (χ2n) is 3.49. The number of esters is 1. The smallest absolute Gasteiger partial charge is 0.338 e. The molecule has 1 rings (SSSR count). The van der Waals surface area contributed by atoms with E-state index in [1.807, 2.05) is 0 Å². The Morgan fingerprint density at radius 1 is 1.62 bits per heavy atom. The minimum Gasteiger partial charge on any atom is -0.481 e. The first kappa shape index (κ1) is 9.98. The zero-order valence-corrected chi connectivity index (χ0v) is 7.73. The van der Waals surface area contributed by atoms with Crippen LogP contribution in [0.4, 0.5) is 0 Å².